The number of aryl methyl sites for hydroxylation is 1. The number of nitrogens with one attached hydrogen (secondary N) is 1. The van der Waals surface area contributed by atoms with Crippen LogP contribution in [0.5, 0.6) is 0 Å². The Bertz CT molecular complexity index is 738. The molecule has 4 rings (SSSR count). The summed E-state index contributed by atoms with van der Waals surface area (Å²) in [5.41, 5.74) is 2.28. The lowest BCUT2D eigenvalue weighted by Crippen LogP contribution is -2.49. The molecule has 0 bridgehead atoms. The first kappa shape index (κ1) is 16.6. The number of carbonyl (C=O) groups is 1. The van der Waals surface area contributed by atoms with Gasteiger partial charge in [-0.15, -0.1) is 0 Å². The van der Waals surface area contributed by atoms with Gasteiger partial charge >= 0.3 is 0 Å². The third kappa shape index (κ3) is 3.42. The number of nitrogens with zero attached hydrogens (tertiary/aromatic N) is 2. The van der Waals surface area contributed by atoms with Crippen molar-refractivity contribution in [2.75, 3.05) is 39.4 Å². The Morgan fingerprint density at radius 2 is 2.04 bits per heavy atom. The van der Waals surface area contributed by atoms with Crippen LogP contribution in [-0.4, -0.2) is 77.3 Å². The van der Waals surface area contributed by atoms with Gasteiger partial charge in [-0.25, -0.2) is 0 Å². The van der Waals surface area contributed by atoms with Crippen molar-refractivity contribution in [1.82, 2.24) is 14.8 Å². The highest BCUT2D eigenvalue weighted by Gasteiger charge is 2.37. The van der Waals surface area contributed by atoms with Gasteiger partial charge in [0, 0.05) is 49.7 Å². The van der Waals surface area contributed by atoms with Crippen LogP contribution in [0.4, 0.5) is 0 Å². The summed E-state index contributed by atoms with van der Waals surface area (Å²) in [6.07, 6.45) is 2.73. The second-order valence-corrected chi connectivity index (χ2v) is 6.94. The number of ether oxygens (including phenoxy) is 1. The Morgan fingerprint density at radius 3 is 2.88 bits per heavy atom. The average Bonchev–Trinajstić information content (AvgIpc) is 3.24. The zero-order chi connectivity index (χ0) is 17.2. The van der Waals surface area contributed by atoms with E-state index in [-0.39, 0.29) is 11.9 Å². The number of rotatable bonds is 4. The Kier molecular flexibility index (Phi) is 4.74. The van der Waals surface area contributed by atoms with Crippen LogP contribution in [0, 0.1) is 0 Å². The molecule has 134 valence electrons. The molecular formula is C19H25N3O3. The molecule has 0 aliphatic carbocycles. The molecular weight excluding hydrogens is 318 g/mol. The summed E-state index contributed by atoms with van der Waals surface area (Å²) in [4.78, 5) is 19.9. The molecule has 25 heavy (non-hydrogen) atoms. The molecule has 1 aromatic carbocycles. The molecule has 1 aromatic heterocycles. The van der Waals surface area contributed by atoms with E-state index in [2.05, 4.69) is 16.0 Å². The summed E-state index contributed by atoms with van der Waals surface area (Å²) in [7, 11) is 0. The van der Waals surface area contributed by atoms with Gasteiger partial charge in [-0.1, -0.05) is 18.2 Å². The van der Waals surface area contributed by atoms with E-state index in [1.165, 1.54) is 10.9 Å². The van der Waals surface area contributed by atoms with Crippen molar-refractivity contribution >= 4 is 16.8 Å². The van der Waals surface area contributed by atoms with Crippen molar-refractivity contribution in [3.05, 3.63) is 36.0 Å². The fourth-order valence-electron chi connectivity index (χ4n) is 3.98. The largest absolute Gasteiger partial charge is 0.390 e. The van der Waals surface area contributed by atoms with Crippen LogP contribution in [0.2, 0.25) is 0 Å². The van der Waals surface area contributed by atoms with Crippen LogP contribution in [-0.2, 0) is 16.0 Å². The van der Waals surface area contributed by atoms with Gasteiger partial charge in [-0.2, -0.15) is 0 Å². The van der Waals surface area contributed by atoms with Gasteiger partial charge in [-0.05, 0) is 18.1 Å². The Morgan fingerprint density at radius 1 is 1.24 bits per heavy atom. The van der Waals surface area contributed by atoms with Crippen LogP contribution in [0.25, 0.3) is 10.9 Å². The molecule has 0 unspecified atom stereocenters. The number of aromatic nitrogens is 1. The molecule has 0 spiro atoms. The molecule has 2 aliphatic heterocycles. The monoisotopic (exact) mass is 343 g/mol. The van der Waals surface area contributed by atoms with Gasteiger partial charge in [0.2, 0.25) is 5.91 Å². The molecule has 2 saturated heterocycles. The zero-order valence-corrected chi connectivity index (χ0v) is 14.4. The van der Waals surface area contributed by atoms with E-state index < -0.39 is 6.10 Å². The highest BCUT2D eigenvalue weighted by atomic mass is 16.5. The third-order valence-corrected chi connectivity index (χ3v) is 5.41. The Labute approximate surface area is 147 Å². The second-order valence-electron chi connectivity index (χ2n) is 6.94. The number of hydrogen-bond acceptors (Lipinski definition) is 4. The molecule has 2 N–H and O–H groups in total. The lowest BCUT2D eigenvalue weighted by molar-refractivity contribution is -0.130. The topological polar surface area (TPSA) is 68.8 Å². The first-order valence-electron chi connectivity index (χ1n) is 9.05. The number of para-hydroxylation sites is 1. The molecule has 2 atom stereocenters. The van der Waals surface area contributed by atoms with Gasteiger partial charge in [0.05, 0.1) is 25.4 Å². The van der Waals surface area contributed by atoms with E-state index in [1.54, 1.807) is 0 Å². The molecule has 2 fully saturated rings. The highest BCUT2D eigenvalue weighted by molar-refractivity contribution is 5.84. The van der Waals surface area contributed by atoms with Crippen molar-refractivity contribution in [2.24, 2.45) is 0 Å². The maximum Gasteiger partial charge on any atom is 0.223 e. The van der Waals surface area contributed by atoms with Crippen LogP contribution in [0.3, 0.4) is 0 Å². The molecule has 2 aliphatic rings. The highest BCUT2D eigenvalue weighted by Crippen LogP contribution is 2.21. The Balaban J connectivity index is 1.35. The van der Waals surface area contributed by atoms with Crippen molar-refractivity contribution in [3.8, 4) is 0 Å². The van der Waals surface area contributed by atoms with Gasteiger partial charge in [0.15, 0.2) is 0 Å². The lowest BCUT2D eigenvalue weighted by atomic mass is 10.1. The van der Waals surface area contributed by atoms with E-state index in [4.69, 9.17) is 4.74 Å². The number of aromatic amines is 1. The maximum absolute atomic E-state index is 12.6. The van der Waals surface area contributed by atoms with Crippen LogP contribution in [0.15, 0.2) is 30.5 Å². The van der Waals surface area contributed by atoms with Gasteiger partial charge in [0.25, 0.3) is 0 Å². The van der Waals surface area contributed by atoms with Crippen molar-refractivity contribution < 1.29 is 14.6 Å². The van der Waals surface area contributed by atoms with Gasteiger partial charge in [-0.3, -0.25) is 9.69 Å². The second kappa shape index (κ2) is 7.15. The van der Waals surface area contributed by atoms with Crippen molar-refractivity contribution in [2.45, 2.75) is 25.0 Å². The van der Waals surface area contributed by atoms with E-state index in [0.29, 0.717) is 32.7 Å². The van der Waals surface area contributed by atoms with E-state index in [1.807, 2.05) is 29.3 Å². The fraction of sp³-hybridized carbons (Fsp3) is 0.526. The van der Waals surface area contributed by atoms with E-state index in [0.717, 1.165) is 25.0 Å². The Hall–Kier alpha value is -1.89. The zero-order valence-electron chi connectivity index (χ0n) is 14.4. The first-order chi connectivity index (χ1) is 12.2. The first-order valence-corrected chi connectivity index (χ1v) is 9.05. The molecule has 6 nitrogen and oxygen atoms in total. The molecule has 2 aromatic rings. The fourth-order valence-corrected chi connectivity index (χ4v) is 3.98. The third-order valence-electron chi connectivity index (χ3n) is 5.41. The van der Waals surface area contributed by atoms with Gasteiger partial charge < -0.3 is 19.7 Å². The quantitative estimate of drug-likeness (QED) is 0.869. The maximum atomic E-state index is 12.6. The number of aliphatic hydroxyl groups excluding tert-OH is 1. The van der Waals surface area contributed by atoms with Crippen molar-refractivity contribution in [3.63, 3.8) is 0 Å². The number of amides is 1. The van der Waals surface area contributed by atoms with Crippen LogP contribution in [0.1, 0.15) is 12.0 Å². The number of aliphatic hydroxyl groups is 1. The average molecular weight is 343 g/mol. The number of β-amino-alcohol motifs (C(OH)–C–C–N with tert-alkyl or cyclic N) is 1. The van der Waals surface area contributed by atoms with Crippen LogP contribution >= 0.6 is 0 Å². The minimum Gasteiger partial charge on any atom is -0.390 e. The SMILES string of the molecule is O=C(CCc1c[nH]c2ccccc12)N1C[C@@H](O)[C@H](N2CCOCC2)C1. The van der Waals surface area contributed by atoms with Gasteiger partial charge in [0.1, 0.15) is 0 Å². The van der Waals surface area contributed by atoms with E-state index >= 15 is 0 Å². The smallest absolute Gasteiger partial charge is 0.223 e. The summed E-state index contributed by atoms with van der Waals surface area (Å²) in [5, 5.41) is 11.6. The number of H-pyrrole nitrogens is 1. The summed E-state index contributed by atoms with van der Waals surface area (Å²) >= 11 is 0. The number of fused-ring (bicyclic) bond motifs is 1. The molecule has 6 heteroatoms. The van der Waals surface area contributed by atoms with E-state index in [9.17, 15) is 9.90 Å². The predicted octanol–water partition coefficient (Wildman–Crippen LogP) is 1.00. The summed E-state index contributed by atoms with van der Waals surface area (Å²) < 4.78 is 5.38. The van der Waals surface area contributed by atoms with Crippen LogP contribution < -0.4 is 0 Å². The standard InChI is InChI=1S/C19H25N3O3/c23-18-13-22(12-17(18)21-7-9-25-10-8-21)19(24)6-5-14-11-20-16-4-2-1-3-15(14)16/h1-4,11,17-18,20,23H,5-10,12-13H2/t17-,18-/m1/s1. The normalized spacial score (nSPS) is 24.9. The summed E-state index contributed by atoms with van der Waals surface area (Å²) in [5.74, 6) is 0.125. The number of carbonyl (C=O) groups excluding carboxylic acids is 1. The molecule has 0 radical (unpaired) electrons. The number of benzene rings is 1. The number of hydrogen-bond donors (Lipinski definition) is 2. The summed E-state index contributed by atoms with van der Waals surface area (Å²) in [6, 6.07) is 8.20. The van der Waals surface area contributed by atoms with Crippen molar-refractivity contribution in [1.29, 1.82) is 0 Å². The lowest BCUT2D eigenvalue weighted by Gasteiger charge is -2.33. The molecule has 0 saturated carbocycles. The minimum atomic E-state index is -0.463. The number of likely N-dealkylation sites (tertiary alicyclic amines) is 1. The molecule has 3 heterocycles. The minimum absolute atomic E-state index is 0.0425. The molecule has 1 amide bonds. The predicted molar refractivity (Wildman–Crippen MR) is 95.4 cm³/mol. The summed E-state index contributed by atoms with van der Waals surface area (Å²) in [6.45, 7) is 4.14. The number of morpholine rings is 1.